The molecule has 0 saturated heterocycles. The molecule has 0 radical (unpaired) electrons. The average molecular weight is 273 g/mol. The largest absolute Gasteiger partial charge is 0.471 e. The molecule has 13 heteroatoms. The third kappa shape index (κ3) is 1.32. The maximum atomic E-state index is 11.0. The predicted molar refractivity (Wildman–Crippen MR) is 55.4 cm³/mol. The Morgan fingerprint density at radius 2 is 2.00 bits per heavy atom. The molecule has 16 heavy (non-hydrogen) atoms. The van der Waals surface area contributed by atoms with E-state index in [1.807, 2.05) is 0 Å². The zero-order chi connectivity index (χ0) is 13.4. The van der Waals surface area contributed by atoms with Crippen LogP contribution >= 0.6 is 19.6 Å². The van der Waals surface area contributed by atoms with E-state index in [9.17, 15) is 24.3 Å². The van der Waals surface area contributed by atoms with Gasteiger partial charge in [-0.25, -0.2) is 20.0 Å². The molecule has 1 amide bonds. The van der Waals surface area contributed by atoms with Crippen LogP contribution < -0.4 is 10.9 Å². The van der Waals surface area contributed by atoms with Crippen molar-refractivity contribution in [2.24, 2.45) is 10.9 Å². The highest BCUT2D eigenvalue weighted by atomic mass is 33.2. The van der Waals surface area contributed by atoms with Crippen LogP contribution in [0.3, 0.4) is 0 Å². The van der Waals surface area contributed by atoms with Gasteiger partial charge in [0.1, 0.15) is 7.98 Å². The van der Waals surface area contributed by atoms with Crippen LogP contribution in [0.2, 0.25) is 0 Å². The summed E-state index contributed by atoms with van der Waals surface area (Å²) >= 11 is 2.98. The van der Waals surface area contributed by atoms with Gasteiger partial charge >= 0.3 is 10.5 Å². The number of thiol groups is 1. The van der Waals surface area contributed by atoms with Crippen LogP contribution in [-0.2, 0) is 0 Å². The van der Waals surface area contributed by atoms with Crippen molar-refractivity contribution in [1.29, 1.82) is 5.26 Å². The quantitative estimate of drug-likeness (QED) is 0.112. The molecule has 0 aliphatic heterocycles. The van der Waals surface area contributed by atoms with Crippen LogP contribution in [-0.4, -0.2) is 29.6 Å². The summed E-state index contributed by atoms with van der Waals surface area (Å²) in [5.41, 5.74) is 4.54. The molecule has 11 nitrogen and oxygen atoms in total. The smallest absolute Gasteiger partial charge is 0.401 e. The Kier molecular flexibility index (Phi) is 2.57. The molecular weight excluding hydrogens is 266 g/mol. The molecule has 0 fully saturated rings. The van der Waals surface area contributed by atoms with Crippen molar-refractivity contribution < 1.29 is 24.3 Å². The Balaban J connectivity index is 6.46. The van der Waals surface area contributed by atoms with E-state index in [4.69, 9.17) is 15.5 Å². The number of hydrogen-bond acceptors (Lipinski definition) is 8. The highest BCUT2D eigenvalue weighted by Crippen LogP contribution is 2.86. The van der Waals surface area contributed by atoms with E-state index < -0.39 is 28.0 Å². The second kappa shape index (κ2) is 2.89. The van der Waals surface area contributed by atoms with Crippen LogP contribution in [0.5, 0.6) is 0 Å². The lowest BCUT2D eigenvalue weighted by molar-refractivity contribution is -0.602. The molecule has 6 N–H and O–H groups in total. The van der Waals surface area contributed by atoms with Crippen LogP contribution in [0.15, 0.2) is 0 Å². The lowest BCUT2D eigenvalue weighted by atomic mass is 11.4. The van der Waals surface area contributed by atoms with Gasteiger partial charge in [-0.05, 0) is 0 Å². The van der Waals surface area contributed by atoms with Gasteiger partial charge in [-0.1, -0.05) is 11.7 Å². The number of rotatable bonds is 2. The van der Waals surface area contributed by atoms with Gasteiger partial charge in [0.15, 0.2) is 5.03 Å². The third-order valence-electron chi connectivity index (χ3n) is 1.57. The van der Waals surface area contributed by atoms with Gasteiger partial charge in [0.05, 0.1) is 4.41 Å². The first-order valence-electron chi connectivity index (χ1n) is 3.12. The minimum atomic E-state index is -7.01. The molecule has 0 heterocycles. The fourth-order valence-electron chi connectivity index (χ4n) is 0.547. The standard InChI is InChI=1S/C3H7N5O6S2/c4-1-7(8(12)13)16(6,14,15,2(5)9)3(10)11/h14-15H,6H2,(H2,5,9)(H,10,11). The van der Waals surface area contributed by atoms with Crippen molar-refractivity contribution in [2.75, 3.05) is 0 Å². The second-order valence-electron chi connectivity index (χ2n) is 2.64. The zero-order valence-corrected chi connectivity index (χ0v) is 9.09. The molecule has 0 unspecified atom stereocenters. The maximum Gasteiger partial charge on any atom is 0.401 e. The van der Waals surface area contributed by atoms with Crippen molar-refractivity contribution in [3.63, 3.8) is 0 Å². The number of carbonyl (C=O) groups is 2. The zero-order valence-electron chi connectivity index (χ0n) is 7.38. The lowest BCUT2D eigenvalue weighted by Gasteiger charge is -2.58. The van der Waals surface area contributed by atoms with Crippen LogP contribution in [0.25, 0.3) is 0 Å². The second-order valence-corrected chi connectivity index (χ2v) is 9.34. The molecule has 0 spiro atoms. The van der Waals surface area contributed by atoms with Gasteiger partial charge in [-0.15, -0.1) is 0 Å². The molecule has 0 aliphatic rings. The highest BCUT2D eigenvalue weighted by Gasteiger charge is 2.76. The first kappa shape index (κ1) is 14.2. The van der Waals surface area contributed by atoms with Gasteiger partial charge in [0.2, 0.25) is 0 Å². The molecule has 0 saturated carbocycles. The van der Waals surface area contributed by atoms with Gasteiger partial charge < -0.3 is 15.4 Å². The van der Waals surface area contributed by atoms with E-state index >= 15 is 0 Å². The van der Waals surface area contributed by atoms with Crippen LogP contribution in [0, 0.1) is 21.6 Å². The number of nitrogens with two attached hydrogens (primary N) is 2. The number of hydrogen-bond donors (Lipinski definition) is 5. The van der Waals surface area contributed by atoms with Crippen molar-refractivity contribution in [3.05, 3.63) is 10.1 Å². The number of carboxylic acid groups (broad SMARTS) is 1. The number of nitro groups is 1. The first-order chi connectivity index (χ1) is 6.84. The van der Waals surface area contributed by atoms with E-state index in [0.29, 0.717) is 6.19 Å². The Hall–Kier alpha value is -1.75. The van der Waals surface area contributed by atoms with Gasteiger partial charge in [0, 0.05) is 0 Å². The summed E-state index contributed by atoms with van der Waals surface area (Å²) in [6.45, 7) is 0. The van der Waals surface area contributed by atoms with E-state index in [1.165, 1.54) is 0 Å². The van der Waals surface area contributed by atoms with Crippen molar-refractivity contribution in [2.45, 2.75) is 0 Å². The van der Waals surface area contributed by atoms with Gasteiger partial charge in [-0.2, -0.15) is 5.26 Å². The summed E-state index contributed by atoms with van der Waals surface area (Å²) in [4.78, 5) is 32.1. The Morgan fingerprint density at radius 1 is 1.62 bits per heavy atom. The van der Waals surface area contributed by atoms with E-state index in [0.717, 1.165) is 0 Å². The van der Waals surface area contributed by atoms with Crippen molar-refractivity contribution in [3.8, 4) is 6.19 Å². The molecule has 92 valence electrons. The minimum Gasteiger partial charge on any atom is -0.471 e. The van der Waals surface area contributed by atoms with E-state index in [-0.39, 0.29) is 0 Å². The molecule has 0 bridgehead atoms. The molecular formula is C3H7N5O6S2. The molecule has 0 aliphatic carbocycles. The lowest BCUT2D eigenvalue weighted by Crippen LogP contribution is -2.64. The summed E-state index contributed by atoms with van der Waals surface area (Å²) in [6, 6.07) is 0. The number of primary amides is 1. The molecule has 0 aromatic rings. The highest BCUT2D eigenvalue weighted by molar-refractivity contribution is 9.15. The Labute approximate surface area is 91.9 Å². The summed E-state index contributed by atoms with van der Waals surface area (Å²) in [5, 5.41) is 25.8. The fourth-order valence-corrected chi connectivity index (χ4v) is 1.86. The van der Waals surface area contributed by atoms with Crippen molar-refractivity contribution >= 4 is 30.2 Å². The summed E-state index contributed by atoms with van der Waals surface area (Å²) < 4.78 is 8.61. The van der Waals surface area contributed by atoms with Gasteiger partial charge in [0.25, 0.3) is 6.19 Å². The summed E-state index contributed by atoms with van der Waals surface area (Å²) in [7, 11) is -7.01. The molecule has 0 aromatic heterocycles. The van der Waals surface area contributed by atoms with Crippen molar-refractivity contribution in [1.82, 2.24) is 4.41 Å². The number of nitriles is 1. The number of carbonyl (C=O) groups excluding carboxylic acids is 1. The van der Waals surface area contributed by atoms with E-state index in [1.54, 1.807) is 0 Å². The summed E-state index contributed by atoms with van der Waals surface area (Å²) in [6.07, 6.45) is 0.639. The summed E-state index contributed by atoms with van der Waals surface area (Å²) in [5.74, 6) is 0. The first-order valence-corrected chi connectivity index (χ1v) is 6.60. The van der Waals surface area contributed by atoms with Crippen LogP contribution in [0.1, 0.15) is 0 Å². The van der Waals surface area contributed by atoms with Crippen LogP contribution in [0.4, 0.5) is 9.59 Å². The van der Waals surface area contributed by atoms with E-state index in [2.05, 4.69) is 17.4 Å². The molecule has 0 aromatic carbocycles. The SMILES string of the molecule is N#CN([N+](=O)[O-])S(N)(O)(S)(C(N)=O)C(=O)O. The third-order valence-corrected chi connectivity index (χ3v) is 5.93. The maximum absolute atomic E-state index is 11.0. The average Bonchev–Trinajstić information content (AvgIpc) is 2.02. The Bertz CT molecular complexity index is 423. The normalized spacial score (nSPS) is 15.1. The minimum absolute atomic E-state index is 0.639. The molecule has 0 rings (SSSR count). The van der Waals surface area contributed by atoms with Gasteiger partial charge in [-0.3, -0.25) is 4.79 Å². The number of hydrazine groups is 1. The predicted octanol–water partition coefficient (Wildman–Crippen LogP) is -0.300. The topological polar surface area (TPSA) is 197 Å². The monoisotopic (exact) mass is 273 g/mol. The molecule has 0 atom stereocenters. The fraction of sp³-hybridized carbons (Fsp3) is 0. The Morgan fingerprint density at radius 3 is 2.06 bits per heavy atom. The number of nitrogens with zero attached hydrogens (tertiary/aromatic N) is 3. The number of amides is 1.